The predicted molar refractivity (Wildman–Crippen MR) is 76.4 cm³/mol. The second-order valence-electron chi connectivity index (χ2n) is 4.17. The summed E-state index contributed by atoms with van der Waals surface area (Å²) in [6.07, 6.45) is 0. The van der Waals surface area contributed by atoms with Crippen molar-refractivity contribution in [1.82, 2.24) is 0 Å². The van der Waals surface area contributed by atoms with Gasteiger partial charge in [-0.1, -0.05) is 0 Å². The molecule has 2 rings (SSSR count). The van der Waals surface area contributed by atoms with Crippen molar-refractivity contribution in [2.75, 3.05) is 11.1 Å². The SMILES string of the molecule is CC(=O)Nc1ccc(Oc2ccc(C#N)cc2)cc1N. The second-order valence-corrected chi connectivity index (χ2v) is 4.17. The molecule has 1 amide bonds. The summed E-state index contributed by atoms with van der Waals surface area (Å²) in [4.78, 5) is 11.0. The van der Waals surface area contributed by atoms with E-state index >= 15 is 0 Å². The molecular weight excluding hydrogens is 254 g/mol. The highest BCUT2D eigenvalue weighted by Gasteiger charge is 2.04. The average molecular weight is 267 g/mol. The Hall–Kier alpha value is -3.00. The number of hydrogen-bond acceptors (Lipinski definition) is 4. The van der Waals surface area contributed by atoms with Gasteiger partial charge in [0.2, 0.25) is 5.91 Å². The molecule has 2 aromatic rings. The molecule has 0 saturated heterocycles. The van der Waals surface area contributed by atoms with Gasteiger partial charge in [0.25, 0.3) is 0 Å². The molecule has 5 nitrogen and oxygen atoms in total. The molecule has 0 aliphatic rings. The Balaban J connectivity index is 2.15. The lowest BCUT2D eigenvalue weighted by Gasteiger charge is -2.10. The van der Waals surface area contributed by atoms with Crippen LogP contribution in [0, 0.1) is 11.3 Å². The van der Waals surface area contributed by atoms with Crippen molar-refractivity contribution in [3.05, 3.63) is 48.0 Å². The van der Waals surface area contributed by atoms with Crippen LogP contribution in [-0.2, 0) is 4.79 Å². The molecule has 2 aromatic carbocycles. The van der Waals surface area contributed by atoms with Crippen LogP contribution in [-0.4, -0.2) is 5.91 Å². The van der Waals surface area contributed by atoms with Crippen molar-refractivity contribution >= 4 is 17.3 Å². The smallest absolute Gasteiger partial charge is 0.221 e. The summed E-state index contributed by atoms with van der Waals surface area (Å²) in [6, 6.07) is 13.8. The molecule has 0 aliphatic carbocycles. The monoisotopic (exact) mass is 267 g/mol. The summed E-state index contributed by atoms with van der Waals surface area (Å²) >= 11 is 0. The molecule has 0 bridgehead atoms. The summed E-state index contributed by atoms with van der Waals surface area (Å²) in [5, 5.41) is 11.3. The van der Waals surface area contributed by atoms with Gasteiger partial charge >= 0.3 is 0 Å². The van der Waals surface area contributed by atoms with E-state index in [-0.39, 0.29) is 5.91 Å². The number of carbonyl (C=O) groups excluding carboxylic acids is 1. The van der Waals surface area contributed by atoms with E-state index < -0.39 is 0 Å². The van der Waals surface area contributed by atoms with Crippen LogP contribution in [0.3, 0.4) is 0 Å². The quantitative estimate of drug-likeness (QED) is 0.837. The normalized spacial score (nSPS) is 9.60. The Kier molecular flexibility index (Phi) is 3.87. The van der Waals surface area contributed by atoms with Crippen LogP contribution in [0.1, 0.15) is 12.5 Å². The fourth-order valence-electron chi connectivity index (χ4n) is 1.64. The highest BCUT2D eigenvalue weighted by atomic mass is 16.5. The van der Waals surface area contributed by atoms with Gasteiger partial charge in [-0.05, 0) is 36.4 Å². The average Bonchev–Trinajstić information content (AvgIpc) is 2.42. The number of nitrogens with two attached hydrogens (primary N) is 1. The number of nitrogens with zero attached hydrogens (tertiary/aromatic N) is 1. The summed E-state index contributed by atoms with van der Waals surface area (Å²) in [6.45, 7) is 1.42. The van der Waals surface area contributed by atoms with E-state index in [4.69, 9.17) is 15.7 Å². The van der Waals surface area contributed by atoms with E-state index in [2.05, 4.69) is 5.32 Å². The lowest BCUT2D eigenvalue weighted by Crippen LogP contribution is -2.07. The Morgan fingerprint density at radius 1 is 1.20 bits per heavy atom. The lowest BCUT2D eigenvalue weighted by molar-refractivity contribution is -0.114. The molecule has 0 fully saturated rings. The number of carbonyl (C=O) groups is 1. The largest absolute Gasteiger partial charge is 0.457 e. The number of nitriles is 1. The molecule has 3 N–H and O–H groups in total. The fraction of sp³-hybridized carbons (Fsp3) is 0.0667. The van der Waals surface area contributed by atoms with Gasteiger partial charge < -0.3 is 15.8 Å². The third-order valence-electron chi connectivity index (χ3n) is 2.55. The van der Waals surface area contributed by atoms with E-state index in [0.29, 0.717) is 28.4 Å². The van der Waals surface area contributed by atoms with Gasteiger partial charge in [0.1, 0.15) is 11.5 Å². The van der Waals surface area contributed by atoms with Crippen LogP contribution in [0.5, 0.6) is 11.5 Å². The van der Waals surface area contributed by atoms with Crippen molar-refractivity contribution in [3.8, 4) is 17.6 Å². The zero-order valence-electron chi connectivity index (χ0n) is 10.9. The number of benzene rings is 2. The van der Waals surface area contributed by atoms with Crippen LogP contribution in [0.2, 0.25) is 0 Å². The maximum Gasteiger partial charge on any atom is 0.221 e. The van der Waals surface area contributed by atoms with Gasteiger partial charge in [-0.15, -0.1) is 0 Å². The van der Waals surface area contributed by atoms with Crippen molar-refractivity contribution in [2.24, 2.45) is 0 Å². The standard InChI is InChI=1S/C15H13N3O2/c1-10(19)18-15-7-6-13(8-14(15)17)20-12-4-2-11(9-16)3-5-12/h2-8H,17H2,1H3,(H,18,19). The minimum atomic E-state index is -0.183. The number of nitrogen functional groups attached to an aromatic ring is 1. The zero-order valence-corrected chi connectivity index (χ0v) is 10.9. The molecule has 5 heteroatoms. The maximum atomic E-state index is 11.0. The Morgan fingerprint density at radius 2 is 1.85 bits per heavy atom. The third-order valence-corrected chi connectivity index (χ3v) is 2.55. The van der Waals surface area contributed by atoms with Crippen molar-refractivity contribution in [2.45, 2.75) is 6.92 Å². The predicted octanol–water partition coefficient (Wildman–Crippen LogP) is 2.89. The van der Waals surface area contributed by atoms with Gasteiger partial charge in [0, 0.05) is 13.0 Å². The van der Waals surface area contributed by atoms with Crippen LogP contribution in [0.25, 0.3) is 0 Å². The summed E-state index contributed by atoms with van der Waals surface area (Å²) in [7, 11) is 0. The number of anilines is 2. The van der Waals surface area contributed by atoms with E-state index in [0.717, 1.165) is 0 Å². The lowest BCUT2D eigenvalue weighted by atomic mass is 10.2. The highest BCUT2D eigenvalue weighted by Crippen LogP contribution is 2.28. The zero-order chi connectivity index (χ0) is 14.5. The van der Waals surface area contributed by atoms with Gasteiger partial charge in [-0.25, -0.2) is 0 Å². The van der Waals surface area contributed by atoms with Gasteiger partial charge in [-0.2, -0.15) is 5.26 Å². The van der Waals surface area contributed by atoms with E-state index in [1.54, 1.807) is 42.5 Å². The highest BCUT2D eigenvalue weighted by molar-refractivity contribution is 5.92. The fourth-order valence-corrected chi connectivity index (χ4v) is 1.64. The number of amides is 1. The first kappa shape index (κ1) is 13.4. The van der Waals surface area contributed by atoms with Gasteiger partial charge in [0.05, 0.1) is 23.0 Å². The van der Waals surface area contributed by atoms with Crippen LogP contribution in [0.15, 0.2) is 42.5 Å². The Bertz CT molecular complexity index is 673. The molecule has 0 spiro atoms. The minimum Gasteiger partial charge on any atom is -0.457 e. The summed E-state index contributed by atoms with van der Waals surface area (Å²) in [5.41, 5.74) is 7.37. The molecule has 0 aliphatic heterocycles. The molecule has 0 aromatic heterocycles. The molecule has 0 heterocycles. The Labute approximate surface area is 116 Å². The van der Waals surface area contributed by atoms with Crippen LogP contribution >= 0.6 is 0 Å². The van der Waals surface area contributed by atoms with E-state index in [9.17, 15) is 4.79 Å². The Morgan fingerprint density at radius 3 is 2.40 bits per heavy atom. The first-order chi connectivity index (χ1) is 9.58. The molecule has 0 saturated carbocycles. The van der Waals surface area contributed by atoms with Crippen molar-refractivity contribution in [3.63, 3.8) is 0 Å². The first-order valence-corrected chi connectivity index (χ1v) is 5.93. The van der Waals surface area contributed by atoms with Crippen molar-refractivity contribution in [1.29, 1.82) is 5.26 Å². The molecule has 0 radical (unpaired) electrons. The van der Waals surface area contributed by atoms with Crippen molar-refractivity contribution < 1.29 is 9.53 Å². The number of nitrogens with one attached hydrogen (secondary N) is 1. The topological polar surface area (TPSA) is 88.1 Å². The number of hydrogen-bond donors (Lipinski definition) is 2. The van der Waals surface area contributed by atoms with Crippen LogP contribution < -0.4 is 15.8 Å². The molecule has 0 unspecified atom stereocenters. The van der Waals surface area contributed by atoms with Crippen LogP contribution in [0.4, 0.5) is 11.4 Å². The third kappa shape index (κ3) is 3.27. The molecule has 0 atom stereocenters. The maximum absolute atomic E-state index is 11.0. The van der Waals surface area contributed by atoms with Gasteiger partial charge in [-0.3, -0.25) is 4.79 Å². The van der Waals surface area contributed by atoms with E-state index in [1.807, 2.05) is 6.07 Å². The minimum absolute atomic E-state index is 0.183. The number of ether oxygens (including phenoxy) is 1. The molecule has 20 heavy (non-hydrogen) atoms. The number of rotatable bonds is 3. The van der Waals surface area contributed by atoms with Gasteiger partial charge in [0.15, 0.2) is 0 Å². The molecular formula is C15H13N3O2. The van der Waals surface area contributed by atoms with E-state index in [1.165, 1.54) is 6.92 Å². The molecule has 100 valence electrons. The second kappa shape index (κ2) is 5.76. The summed E-state index contributed by atoms with van der Waals surface area (Å²) in [5.74, 6) is 0.981. The first-order valence-electron chi connectivity index (χ1n) is 5.93. The summed E-state index contributed by atoms with van der Waals surface area (Å²) < 4.78 is 5.62.